The number of rotatable bonds is 3. The first kappa shape index (κ1) is 13.9. The van der Waals surface area contributed by atoms with E-state index in [0.29, 0.717) is 17.0 Å². The van der Waals surface area contributed by atoms with Crippen LogP contribution < -0.4 is 16.4 Å². The Morgan fingerprint density at radius 1 is 1.45 bits per heavy atom. The highest BCUT2D eigenvalue weighted by Crippen LogP contribution is 2.28. The molecule has 0 radical (unpaired) electrons. The minimum Gasteiger partial charge on any atom is -0.463 e. The molecular formula is C14H17N3O3. The van der Waals surface area contributed by atoms with Gasteiger partial charge in [0.05, 0.1) is 18.2 Å². The molecule has 0 saturated carbocycles. The number of nitrogens with one attached hydrogen (secondary N) is 2. The first-order chi connectivity index (χ1) is 9.52. The number of carbonyl (C=O) groups is 2. The summed E-state index contributed by atoms with van der Waals surface area (Å²) in [6.45, 7) is 3.68. The monoisotopic (exact) mass is 275 g/mol. The molecule has 1 aromatic carbocycles. The van der Waals surface area contributed by atoms with Crippen LogP contribution in [0.5, 0.6) is 0 Å². The summed E-state index contributed by atoms with van der Waals surface area (Å²) < 4.78 is 5.05. The Morgan fingerprint density at radius 3 is 2.85 bits per heavy atom. The molecule has 1 aliphatic heterocycles. The third-order valence-electron chi connectivity index (χ3n) is 3.01. The number of ether oxygens (including phenoxy) is 1. The Balaban J connectivity index is 2.44. The van der Waals surface area contributed by atoms with E-state index >= 15 is 0 Å². The highest BCUT2D eigenvalue weighted by Gasteiger charge is 2.31. The van der Waals surface area contributed by atoms with Crippen molar-refractivity contribution in [1.29, 1.82) is 0 Å². The number of benzene rings is 1. The highest BCUT2D eigenvalue weighted by molar-refractivity contribution is 5.95. The molecule has 1 aromatic rings. The quantitative estimate of drug-likeness (QED) is 0.575. The normalized spacial score (nSPS) is 18.3. The SMILES string of the molecule is CCOC(=O)C1=C(C)NC(=O)NC1c1cccc(N)c1. The van der Waals surface area contributed by atoms with Crippen LogP contribution in [-0.4, -0.2) is 18.6 Å². The van der Waals surface area contributed by atoms with Crippen molar-refractivity contribution in [3.63, 3.8) is 0 Å². The van der Waals surface area contributed by atoms with E-state index in [4.69, 9.17) is 10.5 Å². The van der Waals surface area contributed by atoms with E-state index in [-0.39, 0.29) is 12.6 Å². The maximum absolute atomic E-state index is 12.1. The van der Waals surface area contributed by atoms with Gasteiger partial charge in [0.2, 0.25) is 0 Å². The van der Waals surface area contributed by atoms with Crippen LogP contribution in [0.1, 0.15) is 25.5 Å². The van der Waals surface area contributed by atoms with Gasteiger partial charge in [-0.3, -0.25) is 0 Å². The minimum atomic E-state index is -0.564. The number of amides is 2. The van der Waals surface area contributed by atoms with Crippen molar-refractivity contribution in [1.82, 2.24) is 10.6 Å². The number of carbonyl (C=O) groups excluding carboxylic acids is 2. The first-order valence-electron chi connectivity index (χ1n) is 6.33. The van der Waals surface area contributed by atoms with Gasteiger partial charge in [-0.2, -0.15) is 0 Å². The predicted molar refractivity (Wildman–Crippen MR) is 74.6 cm³/mol. The number of hydrogen-bond acceptors (Lipinski definition) is 4. The number of nitrogens with two attached hydrogens (primary N) is 1. The molecule has 1 atom stereocenters. The Hall–Kier alpha value is -2.50. The van der Waals surface area contributed by atoms with Gasteiger partial charge in [-0.1, -0.05) is 12.1 Å². The van der Waals surface area contributed by atoms with Crippen LogP contribution >= 0.6 is 0 Å². The van der Waals surface area contributed by atoms with E-state index in [0.717, 1.165) is 5.56 Å². The molecule has 0 fully saturated rings. The highest BCUT2D eigenvalue weighted by atomic mass is 16.5. The van der Waals surface area contributed by atoms with Crippen molar-refractivity contribution >= 4 is 17.7 Å². The molecular weight excluding hydrogens is 258 g/mol. The third-order valence-corrected chi connectivity index (χ3v) is 3.01. The summed E-state index contributed by atoms with van der Waals surface area (Å²) >= 11 is 0. The second-order valence-electron chi connectivity index (χ2n) is 4.46. The van der Waals surface area contributed by atoms with E-state index in [1.165, 1.54) is 0 Å². The van der Waals surface area contributed by atoms with Gasteiger partial charge in [0.1, 0.15) is 0 Å². The van der Waals surface area contributed by atoms with Crippen LogP contribution in [0, 0.1) is 0 Å². The van der Waals surface area contributed by atoms with E-state index in [1.54, 1.807) is 38.1 Å². The number of esters is 1. The van der Waals surface area contributed by atoms with Gasteiger partial charge in [0, 0.05) is 11.4 Å². The van der Waals surface area contributed by atoms with E-state index in [1.807, 2.05) is 0 Å². The zero-order valence-electron chi connectivity index (χ0n) is 11.4. The number of allylic oxidation sites excluding steroid dienone is 1. The predicted octanol–water partition coefficient (Wildman–Crippen LogP) is 1.46. The van der Waals surface area contributed by atoms with E-state index in [9.17, 15) is 9.59 Å². The van der Waals surface area contributed by atoms with Crippen molar-refractivity contribution in [3.8, 4) is 0 Å². The summed E-state index contributed by atoms with van der Waals surface area (Å²) in [6.07, 6.45) is 0. The summed E-state index contributed by atoms with van der Waals surface area (Å²) in [5, 5.41) is 5.30. The largest absolute Gasteiger partial charge is 0.463 e. The van der Waals surface area contributed by atoms with Gasteiger partial charge in [0.25, 0.3) is 0 Å². The molecule has 1 heterocycles. The molecule has 6 heteroatoms. The molecule has 0 aliphatic carbocycles. The van der Waals surface area contributed by atoms with Crippen molar-refractivity contribution in [2.75, 3.05) is 12.3 Å². The summed E-state index contributed by atoms with van der Waals surface area (Å²) in [6, 6.07) is 6.13. The van der Waals surface area contributed by atoms with Crippen molar-refractivity contribution in [3.05, 3.63) is 41.1 Å². The molecule has 4 N–H and O–H groups in total. The maximum Gasteiger partial charge on any atom is 0.338 e. The average Bonchev–Trinajstić information content (AvgIpc) is 2.37. The molecule has 0 saturated heterocycles. The second kappa shape index (κ2) is 5.64. The third kappa shape index (κ3) is 2.74. The van der Waals surface area contributed by atoms with E-state index in [2.05, 4.69) is 10.6 Å². The van der Waals surface area contributed by atoms with Gasteiger partial charge in [-0.15, -0.1) is 0 Å². The molecule has 2 amide bonds. The number of urea groups is 1. The molecule has 6 nitrogen and oxygen atoms in total. The van der Waals surface area contributed by atoms with Crippen molar-refractivity contribution in [2.45, 2.75) is 19.9 Å². The van der Waals surface area contributed by atoms with Crippen LogP contribution in [0.25, 0.3) is 0 Å². The van der Waals surface area contributed by atoms with Crippen LogP contribution in [-0.2, 0) is 9.53 Å². The van der Waals surface area contributed by atoms with Gasteiger partial charge in [-0.25, -0.2) is 9.59 Å². The maximum atomic E-state index is 12.1. The topological polar surface area (TPSA) is 93.4 Å². The van der Waals surface area contributed by atoms with Crippen LogP contribution in [0.2, 0.25) is 0 Å². The summed E-state index contributed by atoms with van der Waals surface area (Å²) in [7, 11) is 0. The summed E-state index contributed by atoms with van der Waals surface area (Å²) in [5.41, 5.74) is 7.93. The zero-order chi connectivity index (χ0) is 14.7. The number of hydrogen-bond donors (Lipinski definition) is 3. The molecule has 106 valence electrons. The Labute approximate surface area is 117 Å². The van der Waals surface area contributed by atoms with Gasteiger partial charge < -0.3 is 21.1 Å². The smallest absolute Gasteiger partial charge is 0.338 e. The number of anilines is 1. The molecule has 0 aromatic heterocycles. The molecule has 0 spiro atoms. The standard InChI is InChI=1S/C14H17N3O3/c1-3-20-13(18)11-8(2)16-14(19)17-12(11)9-5-4-6-10(15)7-9/h4-7,12H,3,15H2,1-2H3,(H2,16,17,19). The van der Waals surface area contributed by atoms with Gasteiger partial charge in [0.15, 0.2) is 0 Å². The summed E-state index contributed by atoms with van der Waals surface area (Å²) in [4.78, 5) is 23.7. The Morgan fingerprint density at radius 2 is 2.20 bits per heavy atom. The van der Waals surface area contributed by atoms with Crippen LogP contribution in [0.4, 0.5) is 10.5 Å². The fourth-order valence-corrected chi connectivity index (χ4v) is 2.16. The van der Waals surface area contributed by atoms with E-state index < -0.39 is 12.0 Å². The van der Waals surface area contributed by atoms with Crippen LogP contribution in [0.3, 0.4) is 0 Å². The number of nitrogen functional groups attached to an aromatic ring is 1. The van der Waals surface area contributed by atoms with Gasteiger partial charge >= 0.3 is 12.0 Å². The Bertz CT molecular complexity index is 581. The zero-order valence-corrected chi connectivity index (χ0v) is 11.4. The second-order valence-corrected chi connectivity index (χ2v) is 4.46. The lowest BCUT2D eigenvalue weighted by atomic mass is 9.95. The van der Waals surface area contributed by atoms with Crippen molar-refractivity contribution in [2.24, 2.45) is 0 Å². The molecule has 1 aliphatic rings. The lowest BCUT2D eigenvalue weighted by Gasteiger charge is -2.28. The fourth-order valence-electron chi connectivity index (χ4n) is 2.16. The minimum absolute atomic E-state index is 0.271. The lowest BCUT2D eigenvalue weighted by molar-refractivity contribution is -0.139. The van der Waals surface area contributed by atoms with Crippen molar-refractivity contribution < 1.29 is 14.3 Å². The molecule has 1 unspecified atom stereocenters. The molecule has 20 heavy (non-hydrogen) atoms. The average molecular weight is 275 g/mol. The lowest BCUT2D eigenvalue weighted by Crippen LogP contribution is -2.45. The first-order valence-corrected chi connectivity index (χ1v) is 6.33. The fraction of sp³-hybridized carbons (Fsp3) is 0.286. The molecule has 0 bridgehead atoms. The van der Waals surface area contributed by atoms with Crippen LogP contribution in [0.15, 0.2) is 35.5 Å². The van der Waals surface area contributed by atoms with Gasteiger partial charge in [-0.05, 0) is 31.5 Å². The Kier molecular flexibility index (Phi) is 3.93. The summed E-state index contributed by atoms with van der Waals surface area (Å²) in [5.74, 6) is -0.454. The molecule has 2 rings (SSSR count).